The highest BCUT2D eigenvalue weighted by Gasteiger charge is 2.30. The Morgan fingerprint density at radius 2 is 1.85 bits per heavy atom. The normalized spacial score (nSPS) is 31.2. The van der Waals surface area contributed by atoms with Gasteiger partial charge < -0.3 is 4.74 Å². The quantitative estimate of drug-likeness (QED) is 0.740. The molecule has 1 aliphatic heterocycles. The molecule has 0 N–H and O–H groups in total. The second kappa shape index (κ2) is 6.26. The highest BCUT2D eigenvalue weighted by molar-refractivity contribution is 5.28. The van der Waals surface area contributed by atoms with Gasteiger partial charge in [-0.25, -0.2) is 4.39 Å². The number of benzene rings is 1. The molecule has 3 rings (SSSR count). The van der Waals surface area contributed by atoms with Crippen LogP contribution in [-0.2, 0) is 4.74 Å². The van der Waals surface area contributed by atoms with E-state index < -0.39 is 0 Å². The van der Waals surface area contributed by atoms with Crippen molar-refractivity contribution < 1.29 is 9.13 Å². The van der Waals surface area contributed by atoms with Gasteiger partial charge in [-0.3, -0.25) is 0 Å². The van der Waals surface area contributed by atoms with Gasteiger partial charge in [-0.1, -0.05) is 18.2 Å². The fourth-order valence-electron chi connectivity index (χ4n) is 3.92. The summed E-state index contributed by atoms with van der Waals surface area (Å²) in [6.45, 7) is 2.80. The Balaban J connectivity index is 1.62. The third-order valence-corrected chi connectivity index (χ3v) is 5.17. The van der Waals surface area contributed by atoms with Crippen molar-refractivity contribution in [1.82, 2.24) is 0 Å². The summed E-state index contributed by atoms with van der Waals surface area (Å²) in [4.78, 5) is 0. The lowest BCUT2D eigenvalue weighted by Gasteiger charge is -2.36. The molecule has 2 fully saturated rings. The van der Waals surface area contributed by atoms with E-state index in [0.717, 1.165) is 30.6 Å². The van der Waals surface area contributed by atoms with Gasteiger partial charge in [0.2, 0.25) is 0 Å². The summed E-state index contributed by atoms with van der Waals surface area (Å²) in [5, 5.41) is 0. The van der Waals surface area contributed by atoms with Crippen molar-refractivity contribution in [3.8, 4) is 0 Å². The maximum atomic E-state index is 14.2. The minimum Gasteiger partial charge on any atom is -0.378 e. The number of halogens is 1. The number of ether oxygens (including phenoxy) is 1. The minimum absolute atomic E-state index is 0.0184. The molecular formula is C18H25FO. The van der Waals surface area contributed by atoms with Crippen LogP contribution in [0.15, 0.2) is 18.2 Å². The number of rotatable bonds is 2. The molecule has 0 spiro atoms. The maximum absolute atomic E-state index is 14.2. The van der Waals surface area contributed by atoms with E-state index in [4.69, 9.17) is 4.74 Å². The molecule has 110 valence electrons. The first kappa shape index (κ1) is 14.1. The van der Waals surface area contributed by atoms with Crippen LogP contribution in [0.2, 0.25) is 0 Å². The van der Waals surface area contributed by atoms with Crippen molar-refractivity contribution in [2.75, 3.05) is 6.61 Å². The summed E-state index contributed by atoms with van der Waals surface area (Å²) in [5.74, 6) is 1.14. The van der Waals surface area contributed by atoms with Gasteiger partial charge in [0.1, 0.15) is 5.82 Å². The second-order valence-corrected chi connectivity index (χ2v) is 6.49. The molecule has 1 aromatic carbocycles. The molecule has 1 nitrogen and oxygen atoms in total. The third kappa shape index (κ3) is 2.90. The number of hydrogen-bond acceptors (Lipinski definition) is 1. The Bertz CT molecular complexity index is 443. The molecule has 1 saturated carbocycles. The van der Waals surface area contributed by atoms with Crippen LogP contribution in [0.5, 0.6) is 0 Å². The maximum Gasteiger partial charge on any atom is 0.129 e. The van der Waals surface area contributed by atoms with Crippen molar-refractivity contribution in [2.45, 2.75) is 63.9 Å². The van der Waals surface area contributed by atoms with E-state index in [2.05, 4.69) is 0 Å². The van der Waals surface area contributed by atoms with Crippen molar-refractivity contribution in [2.24, 2.45) is 5.92 Å². The summed E-state index contributed by atoms with van der Waals surface area (Å²) in [7, 11) is 0. The van der Waals surface area contributed by atoms with E-state index in [1.165, 1.54) is 32.1 Å². The highest BCUT2D eigenvalue weighted by Crippen LogP contribution is 2.40. The average Bonchev–Trinajstić information content (AvgIpc) is 2.51. The molecule has 2 aliphatic rings. The fraction of sp³-hybridized carbons (Fsp3) is 0.667. The van der Waals surface area contributed by atoms with Crippen LogP contribution < -0.4 is 0 Å². The molecule has 0 amide bonds. The Morgan fingerprint density at radius 3 is 2.55 bits per heavy atom. The highest BCUT2D eigenvalue weighted by atomic mass is 19.1. The number of hydrogen-bond donors (Lipinski definition) is 0. The Kier molecular flexibility index (Phi) is 4.40. The molecule has 1 aromatic rings. The van der Waals surface area contributed by atoms with E-state index in [1.54, 1.807) is 0 Å². The van der Waals surface area contributed by atoms with Crippen LogP contribution in [0.1, 0.15) is 62.0 Å². The van der Waals surface area contributed by atoms with Crippen molar-refractivity contribution in [3.05, 3.63) is 35.1 Å². The molecule has 0 aromatic heterocycles. The summed E-state index contributed by atoms with van der Waals surface area (Å²) in [5.41, 5.74) is 1.72. The first-order valence-corrected chi connectivity index (χ1v) is 8.12. The second-order valence-electron chi connectivity index (χ2n) is 6.49. The van der Waals surface area contributed by atoms with E-state index >= 15 is 0 Å². The Morgan fingerprint density at radius 1 is 1.05 bits per heavy atom. The topological polar surface area (TPSA) is 9.23 Å². The summed E-state index contributed by atoms with van der Waals surface area (Å²) in [6.07, 6.45) is 8.87. The molecule has 1 aliphatic carbocycles. The van der Waals surface area contributed by atoms with Crippen LogP contribution in [0.3, 0.4) is 0 Å². The predicted molar refractivity (Wildman–Crippen MR) is 79.4 cm³/mol. The smallest absolute Gasteiger partial charge is 0.129 e. The first-order valence-electron chi connectivity index (χ1n) is 8.12. The largest absolute Gasteiger partial charge is 0.378 e. The predicted octanol–water partition coefficient (Wildman–Crippen LogP) is 4.98. The zero-order chi connectivity index (χ0) is 13.9. The molecular weight excluding hydrogens is 251 g/mol. The van der Waals surface area contributed by atoms with Gasteiger partial charge in [-0.2, -0.15) is 0 Å². The van der Waals surface area contributed by atoms with E-state index in [1.807, 2.05) is 25.1 Å². The summed E-state index contributed by atoms with van der Waals surface area (Å²) in [6, 6.07) is 5.83. The average molecular weight is 276 g/mol. The minimum atomic E-state index is 0.0184. The van der Waals surface area contributed by atoms with Crippen molar-refractivity contribution in [1.29, 1.82) is 0 Å². The van der Waals surface area contributed by atoms with Crippen LogP contribution >= 0.6 is 0 Å². The van der Waals surface area contributed by atoms with Crippen LogP contribution in [0.4, 0.5) is 4.39 Å². The van der Waals surface area contributed by atoms with Gasteiger partial charge in [0.05, 0.1) is 6.10 Å². The zero-order valence-electron chi connectivity index (χ0n) is 12.4. The summed E-state index contributed by atoms with van der Waals surface area (Å²) >= 11 is 0. The number of aryl methyl sites for hydroxylation is 1. The lowest BCUT2D eigenvalue weighted by molar-refractivity contribution is -0.0317. The third-order valence-electron chi connectivity index (χ3n) is 5.17. The molecule has 20 heavy (non-hydrogen) atoms. The molecule has 1 heterocycles. The van der Waals surface area contributed by atoms with E-state index in [-0.39, 0.29) is 5.82 Å². The summed E-state index contributed by atoms with van der Waals surface area (Å²) < 4.78 is 20.1. The molecule has 2 heteroatoms. The zero-order valence-corrected chi connectivity index (χ0v) is 12.4. The molecule has 1 atom stereocenters. The molecule has 0 radical (unpaired) electrons. The monoisotopic (exact) mass is 276 g/mol. The van der Waals surface area contributed by atoms with Crippen LogP contribution in [0.25, 0.3) is 0 Å². The first-order chi connectivity index (χ1) is 9.75. The Hall–Kier alpha value is -0.890. The van der Waals surface area contributed by atoms with Gasteiger partial charge in [0.15, 0.2) is 0 Å². The van der Waals surface area contributed by atoms with Crippen LogP contribution in [-0.4, -0.2) is 12.7 Å². The van der Waals surface area contributed by atoms with Gasteiger partial charge >= 0.3 is 0 Å². The van der Waals surface area contributed by atoms with Crippen molar-refractivity contribution >= 4 is 0 Å². The Labute approximate surface area is 121 Å². The van der Waals surface area contributed by atoms with E-state index in [0.29, 0.717) is 17.9 Å². The van der Waals surface area contributed by atoms with Crippen molar-refractivity contribution in [3.63, 3.8) is 0 Å². The van der Waals surface area contributed by atoms with Gasteiger partial charge in [-0.05, 0) is 74.8 Å². The lowest BCUT2D eigenvalue weighted by Crippen LogP contribution is -2.30. The van der Waals surface area contributed by atoms with Gasteiger partial charge in [0.25, 0.3) is 0 Å². The molecule has 1 saturated heterocycles. The van der Waals surface area contributed by atoms with E-state index in [9.17, 15) is 4.39 Å². The standard InChI is InChI=1S/C18H25FO/c1-13-5-4-6-16(18(13)19)14-8-10-15(11-9-14)17-7-2-3-12-20-17/h4-6,14-15,17H,2-3,7-12H2,1H3. The SMILES string of the molecule is Cc1cccc(C2CCC(C3CCCCO3)CC2)c1F. The fourth-order valence-corrected chi connectivity index (χ4v) is 3.92. The van der Waals surface area contributed by atoms with Crippen LogP contribution in [0, 0.1) is 18.7 Å². The van der Waals surface area contributed by atoms with Gasteiger partial charge in [0, 0.05) is 6.61 Å². The molecule has 0 bridgehead atoms. The molecule has 1 unspecified atom stereocenters. The van der Waals surface area contributed by atoms with Gasteiger partial charge in [-0.15, -0.1) is 0 Å². The lowest BCUT2D eigenvalue weighted by atomic mass is 9.75.